The van der Waals surface area contributed by atoms with Crippen LogP contribution in [0, 0.1) is 5.92 Å². The van der Waals surface area contributed by atoms with E-state index in [1.165, 1.54) is 102 Å². The van der Waals surface area contributed by atoms with Gasteiger partial charge in [-0.2, -0.15) is 0 Å². The van der Waals surface area contributed by atoms with E-state index in [2.05, 4.69) is 37.8 Å². The Kier molecular flexibility index (Phi) is 19.9. The third kappa shape index (κ3) is 18.2. The topological polar surface area (TPSA) is 18.5 Å². The third-order valence-electron chi connectivity index (χ3n) is 6.02. The molecular formula is C29H50O2. The Balaban J connectivity index is 1.98. The Morgan fingerprint density at radius 1 is 0.710 bits per heavy atom. The van der Waals surface area contributed by atoms with Crippen molar-refractivity contribution in [1.82, 2.24) is 0 Å². The zero-order valence-electron chi connectivity index (χ0n) is 20.5. The molecule has 2 nitrogen and oxygen atoms in total. The lowest BCUT2D eigenvalue weighted by molar-refractivity contribution is 0.0366. The van der Waals surface area contributed by atoms with Crippen molar-refractivity contribution in [3.8, 4) is 0 Å². The molecule has 0 bridgehead atoms. The third-order valence-corrected chi connectivity index (χ3v) is 6.02. The lowest BCUT2D eigenvalue weighted by atomic mass is 10.0. The Morgan fingerprint density at radius 3 is 1.77 bits per heavy atom. The first-order chi connectivity index (χ1) is 15.4. The van der Waals surface area contributed by atoms with Gasteiger partial charge in [0.15, 0.2) is 0 Å². The molecule has 0 spiro atoms. The summed E-state index contributed by atoms with van der Waals surface area (Å²) in [5.74, 6) is 0.487. The maximum atomic E-state index is 5.98. The summed E-state index contributed by atoms with van der Waals surface area (Å²) in [6.45, 7) is 8.92. The van der Waals surface area contributed by atoms with Gasteiger partial charge in [0.2, 0.25) is 0 Å². The molecule has 1 aromatic carbocycles. The molecular weight excluding hydrogens is 380 g/mol. The average molecular weight is 431 g/mol. The van der Waals surface area contributed by atoms with Crippen molar-refractivity contribution in [2.45, 2.75) is 110 Å². The van der Waals surface area contributed by atoms with Crippen LogP contribution >= 0.6 is 0 Å². The number of benzene rings is 1. The molecule has 0 N–H and O–H groups in total. The second-order valence-corrected chi connectivity index (χ2v) is 9.08. The van der Waals surface area contributed by atoms with Crippen molar-refractivity contribution in [2.75, 3.05) is 19.8 Å². The summed E-state index contributed by atoms with van der Waals surface area (Å²) < 4.78 is 11.7. The SMILES string of the molecule is C=CCOCC(CCCCCCCCCCCCCCCC)COCc1ccccc1. The Labute approximate surface area is 193 Å². The minimum atomic E-state index is 0.487. The van der Waals surface area contributed by atoms with Gasteiger partial charge in [0.25, 0.3) is 0 Å². The van der Waals surface area contributed by atoms with E-state index in [0.29, 0.717) is 19.1 Å². The fourth-order valence-electron chi connectivity index (χ4n) is 4.08. The monoisotopic (exact) mass is 430 g/mol. The van der Waals surface area contributed by atoms with Crippen LogP contribution in [-0.2, 0) is 16.1 Å². The van der Waals surface area contributed by atoms with Crippen molar-refractivity contribution < 1.29 is 9.47 Å². The lowest BCUT2D eigenvalue weighted by Gasteiger charge is -2.17. The summed E-state index contributed by atoms with van der Waals surface area (Å²) in [7, 11) is 0. The van der Waals surface area contributed by atoms with Crippen LogP contribution < -0.4 is 0 Å². The van der Waals surface area contributed by atoms with Crippen molar-refractivity contribution in [3.05, 3.63) is 48.6 Å². The van der Waals surface area contributed by atoms with Gasteiger partial charge in [-0.15, -0.1) is 6.58 Å². The summed E-state index contributed by atoms with van der Waals surface area (Å²) >= 11 is 0. The van der Waals surface area contributed by atoms with Crippen LogP contribution in [0.15, 0.2) is 43.0 Å². The van der Waals surface area contributed by atoms with E-state index in [0.717, 1.165) is 13.2 Å². The highest BCUT2D eigenvalue weighted by molar-refractivity contribution is 5.13. The lowest BCUT2D eigenvalue weighted by Crippen LogP contribution is -2.16. The zero-order valence-corrected chi connectivity index (χ0v) is 20.5. The molecule has 178 valence electrons. The van der Waals surface area contributed by atoms with Gasteiger partial charge in [0.05, 0.1) is 26.4 Å². The first-order valence-corrected chi connectivity index (χ1v) is 13.2. The molecule has 0 aliphatic rings. The summed E-state index contributed by atoms with van der Waals surface area (Å²) in [6.07, 6.45) is 22.7. The van der Waals surface area contributed by atoms with Gasteiger partial charge < -0.3 is 9.47 Å². The van der Waals surface area contributed by atoms with Crippen LogP contribution in [0.5, 0.6) is 0 Å². The van der Waals surface area contributed by atoms with E-state index in [1.807, 2.05) is 12.1 Å². The largest absolute Gasteiger partial charge is 0.377 e. The van der Waals surface area contributed by atoms with E-state index in [1.54, 1.807) is 0 Å². The molecule has 1 unspecified atom stereocenters. The van der Waals surface area contributed by atoms with Crippen molar-refractivity contribution >= 4 is 0 Å². The minimum Gasteiger partial charge on any atom is -0.377 e. The quantitative estimate of drug-likeness (QED) is 0.127. The van der Waals surface area contributed by atoms with Gasteiger partial charge in [0, 0.05) is 5.92 Å². The summed E-state index contributed by atoms with van der Waals surface area (Å²) in [5.41, 5.74) is 1.24. The molecule has 1 aromatic rings. The molecule has 0 amide bonds. The zero-order chi connectivity index (χ0) is 22.2. The number of rotatable bonds is 23. The van der Waals surface area contributed by atoms with Crippen LogP contribution in [0.25, 0.3) is 0 Å². The summed E-state index contributed by atoms with van der Waals surface area (Å²) in [4.78, 5) is 0. The molecule has 0 fully saturated rings. The predicted octanol–water partition coefficient (Wildman–Crippen LogP) is 8.89. The Hall–Kier alpha value is -1.12. The Morgan fingerprint density at radius 2 is 1.23 bits per heavy atom. The second kappa shape index (κ2) is 22.1. The van der Waals surface area contributed by atoms with Gasteiger partial charge in [0.1, 0.15) is 0 Å². The fraction of sp³-hybridized carbons (Fsp3) is 0.724. The summed E-state index contributed by atoms with van der Waals surface area (Å²) in [6, 6.07) is 10.4. The van der Waals surface area contributed by atoms with Gasteiger partial charge >= 0.3 is 0 Å². The molecule has 0 aliphatic carbocycles. The van der Waals surface area contributed by atoms with E-state index in [4.69, 9.17) is 9.47 Å². The fourth-order valence-corrected chi connectivity index (χ4v) is 4.08. The molecule has 0 heterocycles. The van der Waals surface area contributed by atoms with Gasteiger partial charge in [-0.05, 0) is 12.0 Å². The number of hydrogen-bond acceptors (Lipinski definition) is 2. The number of hydrogen-bond donors (Lipinski definition) is 0. The Bertz CT molecular complexity index is 485. The maximum absolute atomic E-state index is 5.98. The first-order valence-electron chi connectivity index (χ1n) is 13.2. The molecule has 0 aliphatic heterocycles. The van der Waals surface area contributed by atoms with Crippen molar-refractivity contribution in [3.63, 3.8) is 0 Å². The smallest absolute Gasteiger partial charge is 0.0717 e. The predicted molar refractivity (Wildman–Crippen MR) is 136 cm³/mol. The van der Waals surface area contributed by atoms with Crippen molar-refractivity contribution in [2.24, 2.45) is 5.92 Å². The molecule has 2 heteroatoms. The van der Waals surface area contributed by atoms with Gasteiger partial charge in [-0.25, -0.2) is 0 Å². The number of unbranched alkanes of at least 4 members (excludes halogenated alkanes) is 13. The molecule has 0 saturated heterocycles. The van der Waals surface area contributed by atoms with Crippen LogP contribution in [0.2, 0.25) is 0 Å². The molecule has 1 atom stereocenters. The van der Waals surface area contributed by atoms with E-state index in [-0.39, 0.29) is 0 Å². The number of ether oxygens (including phenoxy) is 2. The normalized spacial score (nSPS) is 12.2. The average Bonchev–Trinajstić information content (AvgIpc) is 2.79. The van der Waals surface area contributed by atoms with E-state index >= 15 is 0 Å². The highest BCUT2D eigenvalue weighted by Crippen LogP contribution is 2.16. The van der Waals surface area contributed by atoms with Crippen LogP contribution in [-0.4, -0.2) is 19.8 Å². The van der Waals surface area contributed by atoms with Gasteiger partial charge in [-0.3, -0.25) is 0 Å². The van der Waals surface area contributed by atoms with E-state index < -0.39 is 0 Å². The molecule has 0 radical (unpaired) electrons. The molecule has 1 rings (SSSR count). The maximum Gasteiger partial charge on any atom is 0.0717 e. The van der Waals surface area contributed by atoms with Crippen LogP contribution in [0.1, 0.15) is 109 Å². The standard InChI is InChI=1S/C29H50O2/c1-3-5-6-7-8-9-10-11-12-13-14-15-16-18-23-29(26-30-24-4-2)27-31-25-28-21-19-17-20-22-28/h4,17,19-22,29H,2-3,5-16,18,23-27H2,1H3. The van der Waals surface area contributed by atoms with E-state index in [9.17, 15) is 0 Å². The first kappa shape index (κ1) is 27.9. The van der Waals surface area contributed by atoms with Gasteiger partial charge in [-0.1, -0.05) is 133 Å². The molecule has 0 saturated carbocycles. The summed E-state index contributed by atoms with van der Waals surface area (Å²) in [5, 5.41) is 0. The molecule has 0 aromatic heterocycles. The van der Waals surface area contributed by atoms with Crippen LogP contribution in [0.4, 0.5) is 0 Å². The molecule has 31 heavy (non-hydrogen) atoms. The highest BCUT2D eigenvalue weighted by atomic mass is 16.5. The highest BCUT2D eigenvalue weighted by Gasteiger charge is 2.09. The second-order valence-electron chi connectivity index (χ2n) is 9.08. The van der Waals surface area contributed by atoms with Crippen LogP contribution in [0.3, 0.4) is 0 Å². The van der Waals surface area contributed by atoms with Crippen molar-refractivity contribution in [1.29, 1.82) is 0 Å². The minimum absolute atomic E-state index is 0.487.